The first-order valence-electron chi connectivity index (χ1n) is 14.2. The Morgan fingerprint density at radius 3 is 2.09 bits per heavy atom. The van der Waals surface area contributed by atoms with Crippen LogP contribution in [-0.2, 0) is 24.8 Å². The quantitative estimate of drug-likeness (QED) is 0.0698. The second-order valence-corrected chi connectivity index (χ2v) is 15.4. The number of ketones is 2. The number of hydrogen-bond donors (Lipinski definition) is 0. The summed E-state index contributed by atoms with van der Waals surface area (Å²) in [4.78, 5) is 56.7. The highest BCUT2D eigenvalue weighted by molar-refractivity contribution is 7.93. The van der Waals surface area contributed by atoms with Gasteiger partial charge < -0.3 is 0 Å². The predicted molar refractivity (Wildman–Crippen MR) is 169 cm³/mol. The molecule has 1 amide bonds. The topological polar surface area (TPSA) is 145 Å². The van der Waals surface area contributed by atoms with E-state index in [4.69, 9.17) is 0 Å². The summed E-state index contributed by atoms with van der Waals surface area (Å²) < 4.78 is 26.5. The van der Waals surface area contributed by atoms with E-state index in [9.17, 15) is 32.9 Å². The molecule has 10 nitrogen and oxygen atoms in total. The molecule has 12 heteroatoms. The Hall–Kier alpha value is -4.55. The molecular formula is C33H31N3O7S2. The van der Waals surface area contributed by atoms with Crippen LogP contribution < -0.4 is 4.90 Å². The molecule has 0 saturated carbocycles. The molecule has 1 aliphatic heterocycles. The number of benzene rings is 3. The standard InChI is InChI=1S/C33H31N3O7S2/c1-19(2)20-6-8-21(9-7-20)28-27(29(37)22-10-12-23(13-11-22)33(3,4)5)30(38)31(39)35(28)32-34-18-26(44-32)45(42,43)25-16-14-24(15-17-25)36(40)41/h6-19,27-28H,1-5H3. The highest BCUT2D eigenvalue weighted by Crippen LogP contribution is 2.44. The lowest BCUT2D eigenvalue weighted by molar-refractivity contribution is -0.384. The predicted octanol–water partition coefficient (Wildman–Crippen LogP) is 6.46. The van der Waals surface area contributed by atoms with Crippen molar-refractivity contribution in [3.05, 3.63) is 111 Å². The third-order valence-electron chi connectivity index (χ3n) is 7.87. The van der Waals surface area contributed by atoms with Gasteiger partial charge in [0, 0.05) is 17.7 Å². The summed E-state index contributed by atoms with van der Waals surface area (Å²) in [6.45, 7) is 10.2. The van der Waals surface area contributed by atoms with Crippen molar-refractivity contribution in [2.45, 2.75) is 61.1 Å². The fraction of sp³-hybridized carbons (Fsp3) is 0.273. The fourth-order valence-electron chi connectivity index (χ4n) is 5.22. The number of hydrogen-bond acceptors (Lipinski definition) is 9. The maximum Gasteiger partial charge on any atom is 0.297 e. The highest BCUT2D eigenvalue weighted by Gasteiger charge is 2.53. The number of aromatic nitrogens is 1. The molecule has 1 fully saturated rings. The molecule has 2 unspecified atom stereocenters. The number of amides is 1. The normalized spacial score (nSPS) is 17.2. The zero-order valence-electron chi connectivity index (χ0n) is 25.3. The first-order valence-corrected chi connectivity index (χ1v) is 16.5. The third kappa shape index (κ3) is 5.95. The number of carbonyl (C=O) groups excluding carboxylic acids is 3. The number of anilines is 1. The van der Waals surface area contributed by atoms with Crippen LogP contribution in [0, 0.1) is 16.0 Å². The maximum atomic E-state index is 14.0. The second-order valence-electron chi connectivity index (χ2n) is 12.2. The minimum Gasteiger partial charge on any atom is -0.293 e. The number of carbonyl (C=O) groups is 3. The van der Waals surface area contributed by atoms with E-state index < -0.39 is 44.2 Å². The molecule has 0 radical (unpaired) electrons. The summed E-state index contributed by atoms with van der Waals surface area (Å²) in [5.74, 6) is -3.57. The number of non-ortho nitro benzene ring substituents is 1. The van der Waals surface area contributed by atoms with Gasteiger partial charge >= 0.3 is 0 Å². The molecule has 4 aromatic rings. The van der Waals surface area contributed by atoms with E-state index in [2.05, 4.69) is 4.98 Å². The first-order chi connectivity index (χ1) is 21.1. The molecule has 1 aliphatic rings. The smallest absolute Gasteiger partial charge is 0.293 e. The van der Waals surface area contributed by atoms with Crippen LogP contribution in [0.1, 0.15) is 73.6 Å². The number of nitro groups is 1. The Morgan fingerprint density at radius 1 is 0.956 bits per heavy atom. The number of rotatable bonds is 8. The molecule has 232 valence electrons. The van der Waals surface area contributed by atoms with E-state index in [1.54, 1.807) is 24.3 Å². The van der Waals surface area contributed by atoms with Gasteiger partial charge in [-0.05, 0) is 40.2 Å². The number of thiazole rings is 1. The van der Waals surface area contributed by atoms with Gasteiger partial charge in [0.25, 0.3) is 11.6 Å². The van der Waals surface area contributed by atoms with E-state index in [0.29, 0.717) is 16.9 Å². The van der Waals surface area contributed by atoms with Crippen LogP contribution in [0.2, 0.25) is 0 Å². The Balaban J connectivity index is 1.57. The van der Waals surface area contributed by atoms with E-state index in [1.165, 1.54) is 0 Å². The lowest BCUT2D eigenvalue weighted by Crippen LogP contribution is -2.30. The van der Waals surface area contributed by atoms with E-state index in [1.807, 2.05) is 58.9 Å². The van der Waals surface area contributed by atoms with Crippen molar-refractivity contribution in [2.75, 3.05) is 4.90 Å². The molecule has 0 aliphatic carbocycles. The Bertz CT molecular complexity index is 1910. The zero-order chi connectivity index (χ0) is 32.8. The van der Waals surface area contributed by atoms with Gasteiger partial charge in [-0.3, -0.25) is 29.4 Å². The van der Waals surface area contributed by atoms with Crippen LogP contribution in [0.15, 0.2) is 88.1 Å². The largest absolute Gasteiger partial charge is 0.297 e. The van der Waals surface area contributed by atoms with Crippen molar-refractivity contribution < 1.29 is 27.7 Å². The molecule has 5 rings (SSSR count). The van der Waals surface area contributed by atoms with Gasteiger partial charge in [-0.1, -0.05) is 94.5 Å². The van der Waals surface area contributed by atoms with Crippen LogP contribution in [0.4, 0.5) is 10.8 Å². The first kappa shape index (κ1) is 31.9. The Kier molecular flexibility index (Phi) is 8.32. The van der Waals surface area contributed by atoms with E-state index in [-0.39, 0.29) is 36.8 Å². The lowest BCUT2D eigenvalue weighted by atomic mass is 9.83. The molecule has 45 heavy (non-hydrogen) atoms. The molecule has 3 aromatic carbocycles. The van der Waals surface area contributed by atoms with Crippen LogP contribution in [0.5, 0.6) is 0 Å². The molecule has 1 aromatic heterocycles. The average molecular weight is 646 g/mol. The van der Waals surface area contributed by atoms with Crippen LogP contribution in [0.3, 0.4) is 0 Å². The van der Waals surface area contributed by atoms with Crippen molar-refractivity contribution in [3.8, 4) is 0 Å². The van der Waals surface area contributed by atoms with Gasteiger partial charge in [-0.2, -0.15) is 0 Å². The maximum absolute atomic E-state index is 14.0. The fourth-order valence-corrected chi connectivity index (χ4v) is 7.78. The SMILES string of the molecule is CC(C)c1ccc(C2C(C(=O)c3ccc(C(C)(C)C)cc3)C(=O)C(=O)N2c2ncc(S(=O)(=O)c3ccc([N+](=O)[O-])cc3)s2)cc1. The van der Waals surface area contributed by atoms with Gasteiger partial charge in [-0.25, -0.2) is 13.4 Å². The van der Waals surface area contributed by atoms with Crippen LogP contribution in [0.25, 0.3) is 0 Å². The summed E-state index contributed by atoms with van der Waals surface area (Å²) in [5, 5.41) is 11.0. The van der Waals surface area contributed by atoms with Crippen molar-refractivity contribution in [1.82, 2.24) is 4.98 Å². The number of Topliss-reactive ketones (excluding diaryl/α,β-unsaturated/α-hetero) is 2. The van der Waals surface area contributed by atoms with Gasteiger partial charge in [-0.15, -0.1) is 0 Å². The van der Waals surface area contributed by atoms with E-state index >= 15 is 0 Å². The molecule has 0 bridgehead atoms. The summed E-state index contributed by atoms with van der Waals surface area (Å²) >= 11 is 0.678. The van der Waals surface area contributed by atoms with Crippen molar-refractivity contribution >= 4 is 49.5 Å². The zero-order valence-corrected chi connectivity index (χ0v) is 26.9. The monoisotopic (exact) mass is 645 g/mol. The van der Waals surface area contributed by atoms with Gasteiger partial charge in [0.15, 0.2) is 10.9 Å². The summed E-state index contributed by atoms with van der Waals surface area (Å²) in [6, 6.07) is 17.6. The van der Waals surface area contributed by atoms with Gasteiger partial charge in [0.05, 0.1) is 22.1 Å². The van der Waals surface area contributed by atoms with Crippen molar-refractivity contribution in [1.29, 1.82) is 0 Å². The molecule has 1 saturated heterocycles. The molecule has 2 atom stereocenters. The minimum atomic E-state index is -4.16. The third-order valence-corrected chi connectivity index (χ3v) is 11.1. The second kappa shape index (κ2) is 11.8. The minimum absolute atomic E-state index is 0.0647. The molecule has 0 N–H and O–H groups in total. The molecule has 2 heterocycles. The van der Waals surface area contributed by atoms with E-state index in [0.717, 1.165) is 46.5 Å². The highest BCUT2D eigenvalue weighted by atomic mass is 32.2. The van der Waals surface area contributed by atoms with Crippen molar-refractivity contribution in [2.24, 2.45) is 5.92 Å². The van der Waals surface area contributed by atoms with Crippen molar-refractivity contribution in [3.63, 3.8) is 0 Å². The van der Waals surface area contributed by atoms with Gasteiger partial charge in [0.2, 0.25) is 15.6 Å². The number of sulfone groups is 1. The average Bonchev–Trinajstić information content (AvgIpc) is 3.60. The van der Waals surface area contributed by atoms with Crippen LogP contribution in [-0.4, -0.2) is 35.8 Å². The Labute approximate surface area is 264 Å². The summed E-state index contributed by atoms with van der Waals surface area (Å²) in [5.41, 5.74) is 2.40. The molecular weight excluding hydrogens is 615 g/mol. The summed E-state index contributed by atoms with van der Waals surface area (Å²) in [6.07, 6.45) is 1.08. The van der Waals surface area contributed by atoms with Crippen LogP contribution >= 0.6 is 11.3 Å². The number of nitrogens with zero attached hydrogens (tertiary/aromatic N) is 3. The van der Waals surface area contributed by atoms with Gasteiger partial charge in [0.1, 0.15) is 10.1 Å². The summed E-state index contributed by atoms with van der Waals surface area (Å²) in [7, 11) is -4.16. The number of nitro benzene ring substituents is 1. The Morgan fingerprint density at radius 2 is 1.56 bits per heavy atom. The lowest BCUT2D eigenvalue weighted by Gasteiger charge is -2.25. The molecule has 0 spiro atoms.